The summed E-state index contributed by atoms with van der Waals surface area (Å²) in [4.78, 5) is 20.0. The summed E-state index contributed by atoms with van der Waals surface area (Å²) < 4.78 is 0. The van der Waals surface area contributed by atoms with Gasteiger partial charge in [0.25, 0.3) is 0 Å². The number of piperidine rings is 1. The molecule has 6 nitrogen and oxygen atoms in total. The van der Waals surface area contributed by atoms with Gasteiger partial charge in [0.05, 0.1) is 23.7 Å². The van der Waals surface area contributed by atoms with E-state index in [2.05, 4.69) is 86.9 Å². The van der Waals surface area contributed by atoms with Crippen molar-refractivity contribution in [2.75, 3.05) is 24.5 Å². The third-order valence-electron chi connectivity index (χ3n) is 7.75. The minimum absolute atomic E-state index is 0. The average molecular weight is 542 g/mol. The predicted octanol–water partition coefficient (Wildman–Crippen LogP) is 4.96. The molecule has 7 heteroatoms. The molecule has 1 N–H and O–H groups in total. The number of hydrogen-bond donors (Lipinski definition) is 1. The minimum atomic E-state index is 0. The number of nitriles is 1. The predicted molar refractivity (Wildman–Crippen MR) is 158 cm³/mol. The van der Waals surface area contributed by atoms with E-state index in [4.69, 9.17) is 5.26 Å². The van der Waals surface area contributed by atoms with E-state index < -0.39 is 0 Å². The van der Waals surface area contributed by atoms with Gasteiger partial charge in [-0.25, -0.2) is 0 Å². The van der Waals surface area contributed by atoms with Crippen LogP contribution in [-0.2, 0) is 17.6 Å². The summed E-state index contributed by atoms with van der Waals surface area (Å²) in [6.45, 7) is 4.15. The Hall–Kier alpha value is -3.95. The van der Waals surface area contributed by atoms with Gasteiger partial charge in [0.1, 0.15) is 6.17 Å². The van der Waals surface area contributed by atoms with Crippen LogP contribution in [0.3, 0.4) is 0 Å². The molecule has 3 atom stereocenters. The van der Waals surface area contributed by atoms with Crippen LogP contribution in [-0.4, -0.2) is 53.6 Å². The van der Waals surface area contributed by atoms with Crippen molar-refractivity contribution >= 4 is 24.0 Å². The molecule has 0 aromatic heterocycles. The summed E-state index contributed by atoms with van der Waals surface area (Å²) in [5, 5.41) is 12.7. The summed E-state index contributed by atoms with van der Waals surface area (Å²) in [5.74, 6) is 0.129. The third kappa shape index (κ3) is 6.74. The van der Waals surface area contributed by atoms with E-state index in [9.17, 15) is 4.79 Å². The smallest absolute Gasteiger partial charge is 0.219 e. The van der Waals surface area contributed by atoms with Crippen LogP contribution in [0.4, 0.5) is 5.69 Å². The van der Waals surface area contributed by atoms with Crippen molar-refractivity contribution in [3.63, 3.8) is 0 Å². The van der Waals surface area contributed by atoms with Crippen LogP contribution >= 0.6 is 12.4 Å². The fourth-order valence-electron chi connectivity index (χ4n) is 5.77. The van der Waals surface area contributed by atoms with Crippen molar-refractivity contribution in [2.45, 2.75) is 44.4 Å². The maximum atomic E-state index is 13.0. The Morgan fingerprint density at radius 1 is 1.00 bits per heavy atom. The fraction of sp³-hybridized carbons (Fsp3) is 0.312. The molecule has 1 fully saturated rings. The highest BCUT2D eigenvalue weighted by Crippen LogP contribution is 2.29. The summed E-state index contributed by atoms with van der Waals surface area (Å²) in [7, 11) is 0. The largest absolute Gasteiger partial charge is 0.370 e. The molecule has 202 valence electrons. The van der Waals surface area contributed by atoms with Crippen LogP contribution in [0.1, 0.15) is 30.0 Å². The second-order valence-corrected chi connectivity index (χ2v) is 10.1. The Balaban J connectivity index is 0.00000353. The number of nitrogens with one attached hydrogen (secondary N) is 1. The van der Waals surface area contributed by atoms with Crippen LogP contribution in [0.25, 0.3) is 0 Å². The Labute approximate surface area is 237 Å². The van der Waals surface area contributed by atoms with Gasteiger partial charge in [0.2, 0.25) is 5.91 Å². The summed E-state index contributed by atoms with van der Waals surface area (Å²) in [6, 6.07) is 31.2. The number of carbonyl (C=O) groups excluding carboxylic acids is 1. The summed E-state index contributed by atoms with van der Waals surface area (Å²) >= 11 is 0. The van der Waals surface area contributed by atoms with Gasteiger partial charge < -0.3 is 20.0 Å². The van der Waals surface area contributed by atoms with E-state index in [-0.39, 0.29) is 36.6 Å². The zero-order valence-electron chi connectivity index (χ0n) is 22.3. The van der Waals surface area contributed by atoms with Gasteiger partial charge in [-0.1, -0.05) is 60.7 Å². The Morgan fingerprint density at radius 2 is 1.69 bits per heavy atom. The number of amides is 1. The first kappa shape index (κ1) is 28.1. The molecule has 5 rings (SSSR count). The number of hydrogen-bond acceptors (Lipinski definition) is 5. The van der Waals surface area contributed by atoms with E-state index in [1.165, 1.54) is 16.8 Å². The number of nitrogens with zero attached hydrogens (tertiary/aromatic N) is 4. The fourth-order valence-corrected chi connectivity index (χ4v) is 5.77. The monoisotopic (exact) mass is 541 g/mol. The van der Waals surface area contributed by atoms with Gasteiger partial charge in [0.15, 0.2) is 0 Å². The van der Waals surface area contributed by atoms with Gasteiger partial charge in [-0.05, 0) is 48.2 Å². The molecular formula is C32H36ClN5O. The van der Waals surface area contributed by atoms with Gasteiger partial charge in [-0.15, -0.1) is 12.4 Å². The Bertz CT molecular complexity index is 1280. The maximum Gasteiger partial charge on any atom is 0.219 e. The molecule has 0 spiro atoms. The van der Waals surface area contributed by atoms with Crippen molar-refractivity contribution in [3.05, 3.63) is 114 Å². The van der Waals surface area contributed by atoms with Crippen molar-refractivity contribution in [3.8, 4) is 6.07 Å². The van der Waals surface area contributed by atoms with Crippen molar-refractivity contribution in [1.82, 2.24) is 15.1 Å². The Kier molecular flexibility index (Phi) is 9.51. The van der Waals surface area contributed by atoms with Crippen LogP contribution < -0.4 is 10.2 Å². The van der Waals surface area contributed by atoms with E-state index in [1.807, 2.05) is 36.5 Å². The molecule has 2 aliphatic rings. The molecule has 0 aliphatic carbocycles. The number of rotatable bonds is 8. The molecule has 39 heavy (non-hydrogen) atoms. The van der Waals surface area contributed by atoms with E-state index in [0.717, 1.165) is 32.4 Å². The van der Waals surface area contributed by atoms with Gasteiger partial charge in [-0.2, -0.15) is 5.26 Å². The molecule has 3 aromatic rings. The molecule has 0 radical (unpaired) electrons. The quantitative estimate of drug-likeness (QED) is 0.436. The molecule has 2 aliphatic heterocycles. The topological polar surface area (TPSA) is 62.6 Å². The zero-order chi connectivity index (χ0) is 26.3. The lowest BCUT2D eigenvalue weighted by molar-refractivity contribution is -0.133. The lowest BCUT2D eigenvalue weighted by Gasteiger charge is -2.49. The number of halogens is 1. The molecule has 1 saturated heterocycles. The van der Waals surface area contributed by atoms with Crippen LogP contribution in [0.5, 0.6) is 0 Å². The highest BCUT2D eigenvalue weighted by Gasteiger charge is 2.40. The first-order chi connectivity index (χ1) is 18.6. The average Bonchev–Trinajstić information content (AvgIpc) is 3.42. The number of para-hydroxylation sites is 1. The first-order valence-electron chi connectivity index (χ1n) is 13.4. The third-order valence-corrected chi connectivity index (χ3v) is 7.75. The zero-order valence-corrected chi connectivity index (χ0v) is 23.1. The molecule has 3 unspecified atom stereocenters. The van der Waals surface area contributed by atoms with Crippen LogP contribution in [0.2, 0.25) is 0 Å². The van der Waals surface area contributed by atoms with Gasteiger partial charge in [0, 0.05) is 51.1 Å². The molecule has 3 aromatic carbocycles. The molecule has 0 bridgehead atoms. The minimum Gasteiger partial charge on any atom is -0.370 e. The van der Waals surface area contributed by atoms with Crippen LogP contribution in [0.15, 0.2) is 97.3 Å². The lowest BCUT2D eigenvalue weighted by atomic mass is 9.94. The maximum absolute atomic E-state index is 13.0. The second kappa shape index (κ2) is 13.2. The van der Waals surface area contributed by atoms with E-state index >= 15 is 0 Å². The van der Waals surface area contributed by atoms with E-state index in [1.54, 1.807) is 6.92 Å². The SMILES string of the molecule is CC(=O)N(CCc1ccccc1)C1CCN(c2ccccc2)CC1N1C=CNC1Cc1ccc(C#N)cc1.Cl. The number of benzene rings is 3. The van der Waals surface area contributed by atoms with Crippen molar-refractivity contribution in [1.29, 1.82) is 5.26 Å². The number of carbonyl (C=O) groups is 1. The molecule has 1 amide bonds. The Morgan fingerprint density at radius 3 is 2.36 bits per heavy atom. The molecule has 2 heterocycles. The van der Waals surface area contributed by atoms with Crippen LogP contribution in [0, 0.1) is 11.3 Å². The highest BCUT2D eigenvalue weighted by molar-refractivity contribution is 5.85. The van der Waals surface area contributed by atoms with Crippen molar-refractivity contribution in [2.24, 2.45) is 0 Å². The molecule has 0 saturated carbocycles. The number of anilines is 1. The normalized spacial score (nSPS) is 20.1. The highest BCUT2D eigenvalue weighted by atomic mass is 35.5. The first-order valence-corrected chi connectivity index (χ1v) is 13.4. The second-order valence-electron chi connectivity index (χ2n) is 10.1. The van der Waals surface area contributed by atoms with Gasteiger partial charge in [-0.3, -0.25) is 4.79 Å². The van der Waals surface area contributed by atoms with E-state index in [0.29, 0.717) is 12.1 Å². The summed E-state index contributed by atoms with van der Waals surface area (Å²) in [6.07, 6.45) is 6.80. The standard InChI is InChI=1S/C32H35N5O.ClH/c1-25(38)36(20-16-26-8-4-2-5-9-26)30-17-19-35(29-10-6-3-7-11-29)24-31(30)37-21-18-34-32(37)22-27-12-14-28(23-33)15-13-27;/h2-15,18,21,30-32,34H,16-17,19-20,22,24H2,1H3;1H. The molecular weight excluding hydrogens is 506 g/mol. The summed E-state index contributed by atoms with van der Waals surface area (Å²) in [5.41, 5.74) is 4.31. The van der Waals surface area contributed by atoms with Gasteiger partial charge >= 0.3 is 0 Å². The lowest BCUT2D eigenvalue weighted by Crippen LogP contribution is -2.63. The van der Waals surface area contributed by atoms with Crippen molar-refractivity contribution < 1.29 is 4.79 Å².